The summed E-state index contributed by atoms with van der Waals surface area (Å²) in [5, 5.41) is 17.2. The van der Waals surface area contributed by atoms with Crippen molar-refractivity contribution in [3.8, 4) is 39.4 Å². The summed E-state index contributed by atoms with van der Waals surface area (Å²) in [6, 6.07) is 12.8. The highest BCUT2D eigenvalue weighted by molar-refractivity contribution is 6.39. The second-order valence-electron chi connectivity index (χ2n) is 11.2. The number of fused-ring (bicyclic) bond motifs is 1. The van der Waals surface area contributed by atoms with E-state index in [0.717, 1.165) is 15.5 Å². The number of nitrogens with one attached hydrogen (secondary N) is 1. The molecule has 12 nitrogen and oxygen atoms in total. The van der Waals surface area contributed by atoms with Gasteiger partial charge in [0.15, 0.2) is 12.1 Å². The normalized spacial score (nSPS) is 14.3. The second kappa shape index (κ2) is 13.1. The zero-order valence-corrected chi connectivity index (χ0v) is 27.0. The molecule has 3 aromatic heterocycles. The molecule has 15 heteroatoms. The molecule has 0 radical (unpaired) electrons. The number of nitrogens with zero attached hydrogens (tertiary/aromatic N) is 5. The number of benzene rings is 2. The Morgan fingerprint density at radius 2 is 1.79 bits per heavy atom. The number of carboxylic acid groups (broad SMARTS) is 1. The first-order valence-electron chi connectivity index (χ1n) is 14.6. The van der Waals surface area contributed by atoms with Crippen LogP contribution in [0.5, 0.6) is 5.88 Å². The molecule has 0 spiro atoms. The predicted octanol–water partition coefficient (Wildman–Crippen LogP) is 5.45. The smallest absolute Gasteiger partial charge is 0.407 e. The number of carbonyl (C=O) groups is 3. The molecule has 1 atom stereocenters. The van der Waals surface area contributed by atoms with E-state index in [1.165, 1.54) is 18.7 Å². The Balaban J connectivity index is 1.36. The Kier molecular flexibility index (Phi) is 8.91. The van der Waals surface area contributed by atoms with Gasteiger partial charge in [-0.3, -0.25) is 19.0 Å². The third-order valence-corrected chi connectivity index (χ3v) is 9.04. The van der Waals surface area contributed by atoms with E-state index in [1.807, 2.05) is 0 Å². The first-order chi connectivity index (χ1) is 23.0. The van der Waals surface area contributed by atoms with Crippen molar-refractivity contribution in [2.24, 2.45) is 7.05 Å². The molecule has 2 amide bonds. The molecule has 0 bridgehead atoms. The number of pyridine rings is 1. The van der Waals surface area contributed by atoms with Crippen molar-refractivity contribution in [2.75, 3.05) is 13.7 Å². The maximum Gasteiger partial charge on any atom is 0.407 e. The lowest BCUT2D eigenvalue weighted by molar-refractivity contribution is -0.119. The van der Waals surface area contributed by atoms with Crippen LogP contribution in [0.25, 0.3) is 39.0 Å². The van der Waals surface area contributed by atoms with Crippen LogP contribution in [0.4, 0.5) is 9.18 Å². The first-order valence-corrected chi connectivity index (χ1v) is 15.4. The van der Waals surface area contributed by atoms with Crippen LogP contribution in [-0.2, 0) is 18.4 Å². The molecule has 1 fully saturated rings. The zero-order valence-electron chi connectivity index (χ0n) is 25.5. The quantitative estimate of drug-likeness (QED) is 0.194. The largest absolute Gasteiger partial charge is 0.481 e. The van der Waals surface area contributed by atoms with Crippen LogP contribution in [0, 0.1) is 5.82 Å². The summed E-state index contributed by atoms with van der Waals surface area (Å²) < 4.78 is 23.6. The minimum Gasteiger partial charge on any atom is -0.481 e. The van der Waals surface area contributed by atoms with Gasteiger partial charge in [-0.25, -0.2) is 18.7 Å². The van der Waals surface area contributed by atoms with E-state index in [0.29, 0.717) is 52.0 Å². The van der Waals surface area contributed by atoms with Crippen molar-refractivity contribution in [3.63, 3.8) is 0 Å². The van der Waals surface area contributed by atoms with Gasteiger partial charge in [-0.2, -0.15) is 0 Å². The van der Waals surface area contributed by atoms with Crippen LogP contribution < -0.4 is 15.6 Å². The second-order valence-corrected chi connectivity index (χ2v) is 11.9. The van der Waals surface area contributed by atoms with Gasteiger partial charge in [0.25, 0.3) is 5.56 Å². The molecule has 4 heterocycles. The van der Waals surface area contributed by atoms with Gasteiger partial charge in [0.2, 0.25) is 11.8 Å². The summed E-state index contributed by atoms with van der Waals surface area (Å²) in [5.41, 5.74) is 2.51. The van der Waals surface area contributed by atoms with Crippen molar-refractivity contribution >= 4 is 47.0 Å². The molecule has 1 aliphatic heterocycles. The number of rotatable bonds is 9. The van der Waals surface area contributed by atoms with Gasteiger partial charge in [-0.1, -0.05) is 59.6 Å². The van der Waals surface area contributed by atoms with E-state index in [1.54, 1.807) is 48.7 Å². The van der Waals surface area contributed by atoms with Crippen molar-refractivity contribution in [1.82, 2.24) is 29.4 Å². The van der Waals surface area contributed by atoms with Crippen LogP contribution >= 0.6 is 23.2 Å². The molecule has 5 aromatic rings. The van der Waals surface area contributed by atoms with Crippen molar-refractivity contribution in [1.29, 1.82) is 0 Å². The van der Waals surface area contributed by atoms with Crippen LogP contribution in [0.15, 0.2) is 59.5 Å². The summed E-state index contributed by atoms with van der Waals surface area (Å²) in [7, 11) is 2.76. The highest BCUT2D eigenvalue weighted by Crippen LogP contribution is 2.43. The summed E-state index contributed by atoms with van der Waals surface area (Å²) in [5.74, 6) is -1.07. The molecule has 1 aliphatic rings. The summed E-state index contributed by atoms with van der Waals surface area (Å²) in [6.45, 7) is -0.376. The number of halogens is 3. The lowest BCUT2D eigenvalue weighted by Gasteiger charge is -2.24. The van der Waals surface area contributed by atoms with E-state index >= 15 is 4.39 Å². The average molecular weight is 694 g/mol. The SMILES string of the molecule is COc1nc(-c2cccc(-c3cccc(-c4cc5c(=O)n(C)c(C=O)nn5c4)c3Cl)c2Cl)cc(F)c1CN(C[C@@H]1CCC(=O)N1)C(=O)O. The van der Waals surface area contributed by atoms with Gasteiger partial charge < -0.3 is 20.1 Å². The van der Waals surface area contributed by atoms with Gasteiger partial charge in [0.1, 0.15) is 11.3 Å². The Morgan fingerprint density at radius 3 is 2.42 bits per heavy atom. The van der Waals surface area contributed by atoms with Crippen LogP contribution in [0.1, 0.15) is 29.0 Å². The fourth-order valence-corrected chi connectivity index (χ4v) is 6.41. The molecule has 0 unspecified atom stereocenters. The van der Waals surface area contributed by atoms with Crippen LogP contribution in [0.2, 0.25) is 10.0 Å². The monoisotopic (exact) mass is 692 g/mol. The Hall–Kier alpha value is -5.27. The molecule has 6 rings (SSSR count). The van der Waals surface area contributed by atoms with Crippen molar-refractivity contribution in [3.05, 3.63) is 92.3 Å². The maximum absolute atomic E-state index is 15.7. The standard InChI is InChI=1S/C33H27Cl2FN6O6/c1-40-27(16-43)39-42-13-17(11-26(42)32(40)45)19-5-3-6-20(29(19)34)21-7-4-8-22(30(21)35)25-12-24(36)23(31(38-25)48-2)15-41(33(46)47)14-18-9-10-28(44)37-18/h3-8,11-13,16,18H,9-10,14-15H2,1-2H3,(H,37,44)(H,46,47)/t18-/m0/s1. The topological polar surface area (TPSA) is 148 Å². The number of aromatic nitrogens is 4. The highest BCUT2D eigenvalue weighted by Gasteiger charge is 2.28. The molecule has 2 N–H and O–H groups in total. The lowest BCUT2D eigenvalue weighted by Crippen LogP contribution is -2.41. The van der Waals surface area contributed by atoms with E-state index < -0.39 is 17.5 Å². The zero-order chi connectivity index (χ0) is 34.3. The minimum atomic E-state index is -1.28. The number of hydrogen-bond donors (Lipinski definition) is 2. The Bertz CT molecular complexity index is 2180. The van der Waals surface area contributed by atoms with Gasteiger partial charge in [-0.15, -0.1) is 5.10 Å². The number of carbonyl (C=O) groups excluding carboxylic acids is 2. The van der Waals surface area contributed by atoms with Crippen LogP contribution in [-0.4, -0.2) is 67.2 Å². The molecule has 0 saturated carbocycles. The molecule has 0 aliphatic carbocycles. The van der Waals surface area contributed by atoms with E-state index in [4.69, 9.17) is 27.9 Å². The number of hydrogen-bond acceptors (Lipinski definition) is 7. The number of amides is 2. The molecular formula is C33H27Cl2FN6O6. The first kappa shape index (κ1) is 32.7. The molecule has 2 aromatic carbocycles. The molecular weight excluding hydrogens is 666 g/mol. The Morgan fingerprint density at radius 1 is 1.12 bits per heavy atom. The van der Waals surface area contributed by atoms with Crippen molar-refractivity contribution < 1.29 is 28.6 Å². The van der Waals surface area contributed by atoms with E-state index in [-0.39, 0.29) is 58.5 Å². The van der Waals surface area contributed by atoms with Crippen LogP contribution in [0.3, 0.4) is 0 Å². The number of ether oxygens (including phenoxy) is 1. The van der Waals surface area contributed by atoms with Gasteiger partial charge >= 0.3 is 6.09 Å². The summed E-state index contributed by atoms with van der Waals surface area (Å²) in [4.78, 5) is 53.3. The van der Waals surface area contributed by atoms with Gasteiger partial charge in [-0.05, 0) is 12.5 Å². The maximum atomic E-state index is 15.7. The van der Waals surface area contributed by atoms with E-state index in [9.17, 15) is 24.3 Å². The molecule has 48 heavy (non-hydrogen) atoms. The predicted molar refractivity (Wildman–Crippen MR) is 176 cm³/mol. The van der Waals surface area contributed by atoms with Gasteiger partial charge in [0.05, 0.1) is 35.0 Å². The van der Waals surface area contributed by atoms with Gasteiger partial charge in [0, 0.05) is 66.1 Å². The number of aldehydes is 1. The summed E-state index contributed by atoms with van der Waals surface area (Å²) in [6.07, 6.45) is 1.59. The summed E-state index contributed by atoms with van der Waals surface area (Å²) >= 11 is 13.9. The van der Waals surface area contributed by atoms with Crippen molar-refractivity contribution in [2.45, 2.75) is 25.4 Å². The third-order valence-electron chi connectivity index (χ3n) is 8.23. The molecule has 1 saturated heterocycles. The number of methoxy groups -OCH3 is 1. The molecule has 246 valence electrons. The van der Waals surface area contributed by atoms with E-state index in [2.05, 4.69) is 15.4 Å². The lowest BCUT2D eigenvalue weighted by atomic mass is 9.97. The third kappa shape index (κ3) is 5.98. The average Bonchev–Trinajstić information content (AvgIpc) is 3.69. The fourth-order valence-electron chi connectivity index (χ4n) is 5.75. The minimum absolute atomic E-state index is 0.0223. The highest BCUT2D eigenvalue weighted by atomic mass is 35.5. The Labute approximate surface area is 282 Å². The fraction of sp³-hybridized carbons (Fsp3) is 0.212.